The van der Waals surface area contributed by atoms with E-state index in [0.29, 0.717) is 22.7 Å². The lowest BCUT2D eigenvalue weighted by atomic mass is 10.0. The van der Waals surface area contributed by atoms with Gasteiger partial charge in [-0.25, -0.2) is 15.0 Å². The monoisotopic (exact) mass is 328 g/mol. The summed E-state index contributed by atoms with van der Waals surface area (Å²) in [5.74, 6) is 0.698. The minimum absolute atomic E-state index is 0.393. The van der Waals surface area contributed by atoms with E-state index in [0.717, 1.165) is 31.6 Å². The highest BCUT2D eigenvalue weighted by atomic mass is 35.5. The zero-order chi connectivity index (χ0) is 16.2. The molecule has 1 aliphatic rings. The SMILES string of the molecule is CN(c1ncc(Cl)cn1)C1CCN(c2ccnc(C#N)c2)CC1. The van der Waals surface area contributed by atoms with Crippen molar-refractivity contribution in [1.29, 1.82) is 5.26 Å². The number of hydrogen-bond donors (Lipinski definition) is 0. The molecule has 2 aromatic rings. The standard InChI is InChI=1S/C16H17ClN6/c1-22(16-20-10-12(17)11-21-16)14-3-6-23(7-4-14)15-2-5-19-13(8-15)9-18/h2,5,8,10-11,14H,3-4,6-7H2,1H3. The van der Waals surface area contributed by atoms with Crippen LogP contribution in [0, 0.1) is 11.3 Å². The van der Waals surface area contributed by atoms with E-state index in [9.17, 15) is 0 Å². The maximum Gasteiger partial charge on any atom is 0.225 e. The first-order chi connectivity index (χ1) is 11.2. The van der Waals surface area contributed by atoms with Gasteiger partial charge in [-0.3, -0.25) is 0 Å². The fourth-order valence-corrected chi connectivity index (χ4v) is 2.94. The second kappa shape index (κ2) is 6.80. The largest absolute Gasteiger partial charge is 0.371 e. The van der Waals surface area contributed by atoms with Crippen molar-refractivity contribution in [3.63, 3.8) is 0 Å². The second-order valence-electron chi connectivity index (χ2n) is 5.54. The molecule has 0 bridgehead atoms. The van der Waals surface area contributed by atoms with E-state index >= 15 is 0 Å². The lowest BCUT2D eigenvalue weighted by Gasteiger charge is -2.37. The number of nitriles is 1. The zero-order valence-electron chi connectivity index (χ0n) is 12.9. The molecule has 0 radical (unpaired) electrons. The van der Waals surface area contributed by atoms with Gasteiger partial charge >= 0.3 is 0 Å². The van der Waals surface area contributed by atoms with Crippen molar-refractivity contribution in [3.8, 4) is 6.07 Å². The van der Waals surface area contributed by atoms with Crippen molar-refractivity contribution in [2.75, 3.05) is 29.9 Å². The van der Waals surface area contributed by atoms with Gasteiger partial charge in [-0.05, 0) is 25.0 Å². The van der Waals surface area contributed by atoms with Crippen LogP contribution in [-0.4, -0.2) is 41.1 Å². The number of pyridine rings is 1. The van der Waals surface area contributed by atoms with Crippen LogP contribution in [0.3, 0.4) is 0 Å². The van der Waals surface area contributed by atoms with Gasteiger partial charge in [-0.2, -0.15) is 5.26 Å². The lowest BCUT2D eigenvalue weighted by molar-refractivity contribution is 0.477. The molecule has 6 nitrogen and oxygen atoms in total. The van der Waals surface area contributed by atoms with Crippen molar-refractivity contribution < 1.29 is 0 Å². The molecule has 3 rings (SSSR count). The zero-order valence-corrected chi connectivity index (χ0v) is 13.6. The molecule has 0 atom stereocenters. The fourth-order valence-electron chi connectivity index (χ4n) is 2.84. The van der Waals surface area contributed by atoms with Crippen LogP contribution in [0.4, 0.5) is 11.6 Å². The summed E-state index contributed by atoms with van der Waals surface area (Å²) in [5, 5.41) is 9.50. The summed E-state index contributed by atoms with van der Waals surface area (Å²) in [5.41, 5.74) is 1.51. The number of anilines is 2. The minimum Gasteiger partial charge on any atom is -0.371 e. The second-order valence-corrected chi connectivity index (χ2v) is 5.98. The summed E-state index contributed by atoms with van der Waals surface area (Å²) in [6, 6.07) is 6.27. The molecule has 0 spiro atoms. The van der Waals surface area contributed by atoms with Crippen LogP contribution in [0.15, 0.2) is 30.7 Å². The van der Waals surface area contributed by atoms with Crippen molar-refractivity contribution in [2.45, 2.75) is 18.9 Å². The van der Waals surface area contributed by atoms with E-state index in [1.54, 1.807) is 18.6 Å². The maximum absolute atomic E-state index is 8.96. The van der Waals surface area contributed by atoms with Crippen LogP contribution in [0.25, 0.3) is 0 Å². The average Bonchev–Trinajstić information content (AvgIpc) is 2.62. The summed E-state index contributed by atoms with van der Waals surface area (Å²) >= 11 is 5.84. The van der Waals surface area contributed by atoms with E-state index < -0.39 is 0 Å². The van der Waals surface area contributed by atoms with Crippen molar-refractivity contribution >= 4 is 23.2 Å². The molecule has 3 heterocycles. The van der Waals surface area contributed by atoms with Crippen LogP contribution in [-0.2, 0) is 0 Å². The number of aromatic nitrogens is 3. The molecule has 0 aliphatic carbocycles. The molecule has 2 aromatic heterocycles. The van der Waals surface area contributed by atoms with Gasteiger partial charge in [0.1, 0.15) is 11.8 Å². The summed E-state index contributed by atoms with van der Waals surface area (Å²) in [6.45, 7) is 1.86. The van der Waals surface area contributed by atoms with Gasteiger partial charge in [0.2, 0.25) is 5.95 Å². The lowest BCUT2D eigenvalue weighted by Crippen LogP contribution is -2.44. The van der Waals surface area contributed by atoms with Crippen LogP contribution in [0.5, 0.6) is 0 Å². The highest BCUT2D eigenvalue weighted by Gasteiger charge is 2.24. The third kappa shape index (κ3) is 3.51. The Labute approximate surface area is 140 Å². The molecule has 0 amide bonds. The number of rotatable bonds is 3. The van der Waals surface area contributed by atoms with Gasteiger partial charge in [0, 0.05) is 38.1 Å². The molecule has 0 saturated carbocycles. The van der Waals surface area contributed by atoms with Crippen molar-refractivity contribution in [1.82, 2.24) is 15.0 Å². The van der Waals surface area contributed by atoms with E-state index in [4.69, 9.17) is 16.9 Å². The van der Waals surface area contributed by atoms with E-state index in [1.807, 2.05) is 19.2 Å². The highest BCUT2D eigenvalue weighted by molar-refractivity contribution is 6.30. The van der Waals surface area contributed by atoms with Gasteiger partial charge in [-0.15, -0.1) is 0 Å². The number of halogens is 1. The first kappa shape index (κ1) is 15.5. The predicted octanol–water partition coefficient (Wildman–Crippen LogP) is 2.50. The Bertz CT molecular complexity index is 703. The van der Waals surface area contributed by atoms with Crippen LogP contribution in [0.2, 0.25) is 5.02 Å². The van der Waals surface area contributed by atoms with Gasteiger partial charge in [0.15, 0.2) is 0 Å². The van der Waals surface area contributed by atoms with Gasteiger partial charge < -0.3 is 9.80 Å². The molecule has 23 heavy (non-hydrogen) atoms. The smallest absolute Gasteiger partial charge is 0.225 e. The number of piperidine rings is 1. The first-order valence-corrected chi connectivity index (χ1v) is 7.86. The molecule has 1 fully saturated rings. The molecular weight excluding hydrogens is 312 g/mol. The van der Waals surface area contributed by atoms with Crippen LogP contribution >= 0.6 is 11.6 Å². The van der Waals surface area contributed by atoms with Gasteiger partial charge in [0.25, 0.3) is 0 Å². The Kier molecular flexibility index (Phi) is 4.58. The molecule has 118 valence electrons. The topological polar surface area (TPSA) is 68.9 Å². The van der Waals surface area contributed by atoms with Gasteiger partial charge in [-0.1, -0.05) is 11.6 Å². The molecule has 7 heteroatoms. The van der Waals surface area contributed by atoms with Crippen molar-refractivity contribution in [2.24, 2.45) is 0 Å². The maximum atomic E-state index is 8.96. The summed E-state index contributed by atoms with van der Waals surface area (Å²) in [7, 11) is 2.02. The molecular formula is C16H17ClN6. The Hall–Kier alpha value is -2.39. The van der Waals surface area contributed by atoms with Crippen LogP contribution < -0.4 is 9.80 Å². The molecule has 0 aromatic carbocycles. The minimum atomic E-state index is 0.393. The molecule has 1 aliphatic heterocycles. The first-order valence-electron chi connectivity index (χ1n) is 7.49. The fraction of sp³-hybridized carbons (Fsp3) is 0.375. The third-order valence-electron chi connectivity index (χ3n) is 4.16. The number of hydrogen-bond acceptors (Lipinski definition) is 6. The summed E-state index contributed by atoms with van der Waals surface area (Å²) in [6.07, 6.45) is 6.94. The predicted molar refractivity (Wildman–Crippen MR) is 89.6 cm³/mol. The van der Waals surface area contributed by atoms with Crippen LogP contribution in [0.1, 0.15) is 18.5 Å². The van der Waals surface area contributed by atoms with E-state index in [-0.39, 0.29) is 0 Å². The van der Waals surface area contributed by atoms with Crippen molar-refractivity contribution in [3.05, 3.63) is 41.4 Å². The summed E-state index contributed by atoms with van der Waals surface area (Å²) < 4.78 is 0. The Morgan fingerprint density at radius 2 is 1.96 bits per heavy atom. The van der Waals surface area contributed by atoms with E-state index in [1.165, 1.54) is 0 Å². The quantitative estimate of drug-likeness (QED) is 0.862. The number of nitrogens with zero attached hydrogens (tertiary/aromatic N) is 6. The normalized spacial score (nSPS) is 15.3. The Morgan fingerprint density at radius 1 is 1.26 bits per heavy atom. The van der Waals surface area contributed by atoms with E-state index in [2.05, 4.69) is 30.8 Å². The Morgan fingerprint density at radius 3 is 2.61 bits per heavy atom. The molecule has 1 saturated heterocycles. The molecule has 0 N–H and O–H groups in total. The Balaban J connectivity index is 1.63. The summed E-state index contributed by atoms with van der Waals surface area (Å²) in [4.78, 5) is 17.0. The molecule has 0 unspecified atom stereocenters. The third-order valence-corrected chi connectivity index (χ3v) is 4.35. The average molecular weight is 329 g/mol. The highest BCUT2D eigenvalue weighted by Crippen LogP contribution is 2.24. The van der Waals surface area contributed by atoms with Gasteiger partial charge in [0.05, 0.1) is 17.4 Å².